The molecule has 23 heavy (non-hydrogen) atoms. The zero-order valence-corrected chi connectivity index (χ0v) is 13.2. The molecule has 122 valence electrons. The second kappa shape index (κ2) is 6.87. The summed E-state index contributed by atoms with van der Waals surface area (Å²) in [5.74, 6) is -3.68. The largest absolute Gasteiger partial charge is 0.323 e. The number of aryl methyl sites for hydroxylation is 1. The van der Waals surface area contributed by atoms with E-state index in [1.54, 1.807) is 31.2 Å². The van der Waals surface area contributed by atoms with Gasteiger partial charge in [0.05, 0.1) is 11.4 Å². The van der Waals surface area contributed by atoms with Gasteiger partial charge in [-0.05, 0) is 30.2 Å². The highest BCUT2D eigenvalue weighted by atomic mass is 32.2. The highest BCUT2D eigenvalue weighted by molar-refractivity contribution is 7.91. The summed E-state index contributed by atoms with van der Waals surface area (Å²) in [6.45, 7) is 1.78. The fourth-order valence-corrected chi connectivity index (χ4v) is 3.41. The highest BCUT2D eigenvalue weighted by Gasteiger charge is 2.19. The Labute approximate surface area is 133 Å². The fraction of sp³-hybridized carbons (Fsp3) is 0.188. The molecule has 0 spiro atoms. The van der Waals surface area contributed by atoms with E-state index in [0.717, 1.165) is 17.7 Å². The Kier molecular flexibility index (Phi) is 5.10. The minimum absolute atomic E-state index is 0.262. The van der Waals surface area contributed by atoms with E-state index >= 15 is 0 Å². The van der Waals surface area contributed by atoms with Crippen LogP contribution in [0, 0.1) is 18.6 Å². The van der Waals surface area contributed by atoms with Gasteiger partial charge in [0, 0.05) is 6.07 Å². The van der Waals surface area contributed by atoms with Crippen LogP contribution in [-0.4, -0.2) is 20.1 Å². The van der Waals surface area contributed by atoms with Crippen molar-refractivity contribution in [1.29, 1.82) is 0 Å². The quantitative estimate of drug-likeness (QED) is 0.911. The van der Waals surface area contributed by atoms with Crippen molar-refractivity contribution < 1.29 is 22.0 Å². The summed E-state index contributed by atoms with van der Waals surface area (Å²) in [5.41, 5.74) is 1.15. The smallest absolute Gasteiger partial charge is 0.239 e. The van der Waals surface area contributed by atoms with Crippen LogP contribution in [0.1, 0.15) is 11.1 Å². The molecule has 1 amide bonds. The van der Waals surface area contributed by atoms with Gasteiger partial charge in [0.15, 0.2) is 9.84 Å². The van der Waals surface area contributed by atoms with Crippen molar-refractivity contribution in [2.45, 2.75) is 12.7 Å². The summed E-state index contributed by atoms with van der Waals surface area (Å²) in [4.78, 5) is 11.8. The molecule has 0 saturated heterocycles. The van der Waals surface area contributed by atoms with Gasteiger partial charge in [0.1, 0.15) is 17.4 Å². The lowest BCUT2D eigenvalue weighted by Crippen LogP contribution is -2.24. The summed E-state index contributed by atoms with van der Waals surface area (Å²) in [6, 6.07) is 9.57. The molecule has 0 unspecified atom stereocenters. The van der Waals surface area contributed by atoms with Gasteiger partial charge in [-0.25, -0.2) is 17.2 Å². The Bertz CT molecular complexity index is 835. The van der Waals surface area contributed by atoms with E-state index in [0.29, 0.717) is 11.6 Å². The molecule has 7 heteroatoms. The maximum absolute atomic E-state index is 13.4. The molecule has 2 aromatic rings. The molecule has 0 bridgehead atoms. The lowest BCUT2D eigenvalue weighted by molar-refractivity contribution is -0.113. The van der Waals surface area contributed by atoms with Gasteiger partial charge in [0.25, 0.3) is 0 Å². The van der Waals surface area contributed by atoms with Crippen LogP contribution in [0.5, 0.6) is 0 Å². The van der Waals surface area contributed by atoms with Crippen LogP contribution in [0.3, 0.4) is 0 Å². The number of rotatable bonds is 5. The summed E-state index contributed by atoms with van der Waals surface area (Å²) >= 11 is 0. The molecular weight excluding hydrogens is 324 g/mol. The predicted molar refractivity (Wildman–Crippen MR) is 83.7 cm³/mol. The van der Waals surface area contributed by atoms with Gasteiger partial charge < -0.3 is 5.32 Å². The zero-order chi connectivity index (χ0) is 17.0. The molecule has 4 nitrogen and oxygen atoms in total. The van der Waals surface area contributed by atoms with Gasteiger partial charge in [0.2, 0.25) is 5.91 Å². The monoisotopic (exact) mass is 339 g/mol. The van der Waals surface area contributed by atoms with Crippen molar-refractivity contribution in [1.82, 2.24) is 0 Å². The summed E-state index contributed by atoms with van der Waals surface area (Å²) < 4.78 is 50.4. The van der Waals surface area contributed by atoms with Crippen LogP contribution in [0.2, 0.25) is 0 Å². The number of halogens is 2. The van der Waals surface area contributed by atoms with Crippen molar-refractivity contribution in [3.8, 4) is 0 Å². The van der Waals surface area contributed by atoms with E-state index in [9.17, 15) is 22.0 Å². The minimum atomic E-state index is -3.71. The number of carbonyl (C=O) groups is 1. The standard InChI is InChI=1S/C16H15F2NO3S/c1-11-4-2-3-5-12(11)9-23(21,22)10-16(20)19-15-7-6-13(17)8-14(15)18/h2-8H,9-10H2,1H3,(H,19,20). The molecule has 0 fully saturated rings. The summed E-state index contributed by atoms with van der Waals surface area (Å²) in [7, 11) is -3.71. The van der Waals surface area contributed by atoms with E-state index in [1.165, 1.54) is 0 Å². The molecule has 2 rings (SSSR count). The Morgan fingerprint density at radius 3 is 2.48 bits per heavy atom. The van der Waals surface area contributed by atoms with Gasteiger partial charge in [-0.1, -0.05) is 24.3 Å². The summed E-state index contributed by atoms with van der Waals surface area (Å²) in [6.07, 6.45) is 0. The molecule has 0 aliphatic heterocycles. The molecule has 0 aromatic heterocycles. The number of benzene rings is 2. The first-order valence-corrected chi connectivity index (χ1v) is 8.59. The van der Waals surface area contributed by atoms with E-state index < -0.39 is 33.1 Å². The second-order valence-electron chi connectivity index (χ2n) is 5.13. The number of hydrogen-bond donors (Lipinski definition) is 1. The van der Waals surface area contributed by atoms with Crippen LogP contribution < -0.4 is 5.32 Å². The molecule has 0 radical (unpaired) electrons. The average molecular weight is 339 g/mol. The van der Waals surface area contributed by atoms with E-state index in [1.807, 2.05) is 0 Å². The van der Waals surface area contributed by atoms with Crippen LogP contribution in [0.15, 0.2) is 42.5 Å². The molecule has 1 N–H and O–H groups in total. The number of anilines is 1. The SMILES string of the molecule is Cc1ccccc1CS(=O)(=O)CC(=O)Nc1ccc(F)cc1F. The molecule has 0 aliphatic carbocycles. The average Bonchev–Trinajstić information content (AvgIpc) is 2.43. The maximum atomic E-state index is 13.4. The van der Waals surface area contributed by atoms with Crippen molar-refractivity contribution in [3.63, 3.8) is 0 Å². The third-order valence-electron chi connectivity index (χ3n) is 3.19. The van der Waals surface area contributed by atoms with Gasteiger partial charge in [-0.15, -0.1) is 0 Å². The van der Waals surface area contributed by atoms with Crippen molar-refractivity contribution >= 4 is 21.4 Å². The first kappa shape index (κ1) is 17.1. The highest BCUT2D eigenvalue weighted by Crippen LogP contribution is 2.16. The fourth-order valence-electron chi connectivity index (χ4n) is 2.04. The zero-order valence-electron chi connectivity index (χ0n) is 12.3. The van der Waals surface area contributed by atoms with E-state index in [2.05, 4.69) is 5.32 Å². The molecule has 0 heterocycles. The normalized spacial score (nSPS) is 11.3. The first-order chi connectivity index (χ1) is 10.8. The first-order valence-electron chi connectivity index (χ1n) is 6.77. The minimum Gasteiger partial charge on any atom is -0.323 e. The van der Waals surface area contributed by atoms with Crippen LogP contribution in [-0.2, 0) is 20.4 Å². The predicted octanol–water partition coefficient (Wildman–Crippen LogP) is 2.83. The van der Waals surface area contributed by atoms with Crippen LogP contribution in [0.25, 0.3) is 0 Å². The third kappa shape index (κ3) is 4.85. The van der Waals surface area contributed by atoms with E-state index in [-0.39, 0.29) is 11.4 Å². The molecular formula is C16H15F2NO3S. The second-order valence-corrected chi connectivity index (χ2v) is 7.20. The van der Waals surface area contributed by atoms with E-state index in [4.69, 9.17) is 0 Å². The number of nitrogens with one attached hydrogen (secondary N) is 1. The Morgan fingerprint density at radius 2 is 1.83 bits per heavy atom. The molecule has 0 saturated carbocycles. The van der Waals surface area contributed by atoms with Gasteiger partial charge in [-0.2, -0.15) is 0 Å². The number of sulfone groups is 1. The lowest BCUT2D eigenvalue weighted by atomic mass is 10.1. The summed E-state index contributed by atoms with van der Waals surface area (Å²) in [5, 5.41) is 2.13. The van der Waals surface area contributed by atoms with Gasteiger partial charge in [-0.3, -0.25) is 4.79 Å². The third-order valence-corrected chi connectivity index (χ3v) is 4.65. The molecule has 0 atom stereocenters. The van der Waals surface area contributed by atoms with Crippen LogP contribution >= 0.6 is 0 Å². The Hall–Kier alpha value is -2.28. The van der Waals surface area contributed by atoms with Gasteiger partial charge >= 0.3 is 0 Å². The van der Waals surface area contributed by atoms with Crippen molar-refractivity contribution in [3.05, 3.63) is 65.2 Å². The lowest BCUT2D eigenvalue weighted by Gasteiger charge is -2.09. The number of hydrogen-bond acceptors (Lipinski definition) is 3. The Morgan fingerprint density at radius 1 is 1.13 bits per heavy atom. The number of amides is 1. The Balaban J connectivity index is 2.05. The van der Waals surface area contributed by atoms with Crippen LogP contribution in [0.4, 0.5) is 14.5 Å². The maximum Gasteiger partial charge on any atom is 0.239 e. The number of carbonyl (C=O) groups excluding carboxylic acids is 1. The van der Waals surface area contributed by atoms with Crippen molar-refractivity contribution in [2.24, 2.45) is 0 Å². The topological polar surface area (TPSA) is 63.2 Å². The van der Waals surface area contributed by atoms with Crippen molar-refractivity contribution in [2.75, 3.05) is 11.1 Å². The molecule has 0 aliphatic rings. The molecule has 2 aromatic carbocycles.